The summed E-state index contributed by atoms with van der Waals surface area (Å²) in [6.45, 7) is 1.43. The van der Waals surface area contributed by atoms with Crippen molar-refractivity contribution in [3.8, 4) is 5.75 Å². The lowest BCUT2D eigenvalue weighted by atomic mass is 10.2. The molecule has 0 unspecified atom stereocenters. The third kappa shape index (κ3) is 5.04. The Morgan fingerprint density at radius 2 is 1.90 bits per heavy atom. The molecule has 10 nitrogen and oxygen atoms in total. The normalized spacial score (nSPS) is 12.3. The van der Waals surface area contributed by atoms with Gasteiger partial charge in [-0.2, -0.15) is 0 Å². The molecular weight excluding hydrogens is 392 g/mol. The highest BCUT2D eigenvalue weighted by Gasteiger charge is 2.27. The summed E-state index contributed by atoms with van der Waals surface area (Å²) < 4.78 is 10.1. The van der Waals surface area contributed by atoms with Gasteiger partial charge in [-0.15, -0.1) is 0 Å². The summed E-state index contributed by atoms with van der Waals surface area (Å²) in [6.07, 6.45) is -0.640. The third-order valence-corrected chi connectivity index (χ3v) is 4.07. The number of benzene rings is 2. The summed E-state index contributed by atoms with van der Waals surface area (Å²) in [6, 6.07) is 13.0. The van der Waals surface area contributed by atoms with E-state index in [1.54, 1.807) is 43.3 Å². The molecule has 0 aromatic heterocycles. The van der Waals surface area contributed by atoms with Crippen molar-refractivity contribution in [3.63, 3.8) is 0 Å². The van der Waals surface area contributed by atoms with E-state index >= 15 is 0 Å². The third-order valence-electron chi connectivity index (χ3n) is 4.07. The van der Waals surface area contributed by atoms with E-state index in [0.29, 0.717) is 17.1 Å². The average Bonchev–Trinajstić information content (AvgIpc) is 2.74. The molecule has 2 aromatic carbocycles. The minimum absolute atomic E-state index is 0.170. The van der Waals surface area contributed by atoms with Crippen LogP contribution in [-0.2, 0) is 14.3 Å². The van der Waals surface area contributed by atoms with Crippen LogP contribution in [0.15, 0.2) is 48.5 Å². The van der Waals surface area contributed by atoms with Gasteiger partial charge in [-0.05, 0) is 37.3 Å². The first-order valence-electron chi connectivity index (χ1n) is 9.13. The number of hydrogen-bond acceptors (Lipinski definition) is 6. The molecule has 3 N–H and O–H groups in total. The lowest BCUT2D eigenvalue weighted by molar-refractivity contribution is -0.125. The minimum atomic E-state index is -0.640. The van der Waals surface area contributed by atoms with Crippen LogP contribution in [0.1, 0.15) is 17.3 Å². The number of carbonyl (C=O) groups excluding carboxylic acids is 4. The van der Waals surface area contributed by atoms with Crippen LogP contribution in [0.3, 0.4) is 0 Å². The molecule has 1 aliphatic rings. The minimum Gasteiger partial charge on any atom is -0.482 e. The summed E-state index contributed by atoms with van der Waals surface area (Å²) in [5, 5.41) is 2.49. The molecule has 1 aliphatic heterocycles. The van der Waals surface area contributed by atoms with Gasteiger partial charge in [0.2, 0.25) is 0 Å². The first kappa shape index (κ1) is 20.6. The molecule has 0 bridgehead atoms. The van der Waals surface area contributed by atoms with E-state index in [1.807, 2.05) is 0 Å². The number of carbonyl (C=O) groups is 4. The number of nitrogens with one attached hydrogen (secondary N) is 3. The van der Waals surface area contributed by atoms with E-state index in [1.165, 1.54) is 17.0 Å². The van der Waals surface area contributed by atoms with E-state index in [0.717, 1.165) is 0 Å². The zero-order valence-electron chi connectivity index (χ0n) is 16.1. The Balaban J connectivity index is 1.57. The maximum atomic E-state index is 12.3. The van der Waals surface area contributed by atoms with Gasteiger partial charge >= 0.3 is 6.09 Å². The number of anilines is 2. The largest absolute Gasteiger partial charge is 0.482 e. The van der Waals surface area contributed by atoms with Crippen LogP contribution in [-0.4, -0.2) is 43.6 Å². The molecule has 4 amide bonds. The van der Waals surface area contributed by atoms with E-state index in [-0.39, 0.29) is 31.2 Å². The highest BCUT2D eigenvalue weighted by Crippen LogP contribution is 2.31. The zero-order valence-corrected chi connectivity index (χ0v) is 16.1. The van der Waals surface area contributed by atoms with Crippen molar-refractivity contribution in [2.75, 3.05) is 30.0 Å². The Kier molecular flexibility index (Phi) is 6.48. The second-order valence-electron chi connectivity index (χ2n) is 6.16. The monoisotopic (exact) mass is 412 g/mol. The molecule has 10 heteroatoms. The molecule has 0 radical (unpaired) electrons. The summed E-state index contributed by atoms with van der Waals surface area (Å²) in [7, 11) is 0. The van der Waals surface area contributed by atoms with Crippen molar-refractivity contribution >= 4 is 35.2 Å². The van der Waals surface area contributed by atoms with Gasteiger partial charge in [0, 0.05) is 11.3 Å². The average molecular weight is 412 g/mol. The van der Waals surface area contributed by atoms with E-state index in [4.69, 9.17) is 9.47 Å². The standard InChI is InChI=1S/C20H20N4O6/c1-2-29-20(28)21-14-7-5-6-13(10-14)19(27)23-22-17(25)11-24-15-8-3-4-9-16(15)30-12-18(24)26/h3-10H,2,11-12H2,1H3,(H,21,28)(H,22,25)(H,23,27). The second-order valence-corrected chi connectivity index (χ2v) is 6.16. The van der Waals surface area contributed by atoms with Gasteiger partial charge < -0.3 is 9.47 Å². The van der Waals surface area contributed by atoms with E-state index in [9.17, 15) is 19.2 Å². The number of fused-ring (bicyclic) bond motifs is 1. The summed E-state index contributed by atoms with van der Waals surface area (Å²) in [5.41, 5.74) is 5.61. The topological polar surface area (TPSA) is 126 Å². The Bertz CT molecular complexity index is 977. The smallest absolute Gasteiger partial charge is 0.411 e. The van der Waals surface area contributed by atoms with Crippen LogP contribution >= 0.6 is 0 Å². The van der Waals surface area contributed by atoms with Gasteiger partial charge in [-0.3, -0.25) is 35.5 Å². The van der Waals surface area contributed by atoms with Crippen molar-refractivity contribution in [1.29, 1.82) is 0 Å². The molecule has 30 heavy (non-hydrogen) atoms. The number of para-hydroxylation sites is 2. The van der Waals surface area contributed by atoms with Crippen LogP contribution in [0.5, 0.6) is 5.75 Å². The molecule has 0 spiro atoms. The molecule has 0 fully saturated rings. The summed E-state index contributed by atoms with van der Waals surface area (Å²) in [5.74, 6) is -1.05. The number of nitrogens with zero attached hydrogens (tertiary/aromatic N) is 1. The first-order chi connectivity index (χ1) is 14.5. The van der Waals surface area contributed by atoms with Crippen LogP contribution in [0.2, 0.25) is 0 Å². The number of amides is 4. The maximum Gasteiger partial charge on any atom is 0.411 e. The van der Waals surface area contributed by atoms with Gasteiger partial charge in [-0.25, -0.2) is 4.79 Å². The molecule has 2 aromatic rings. The Labute approximate surface area is 172 Å². The second kappa shape index (κ2) is 9.41. The van der Waals surface area contributed by atoms with Gasteiger partial charge in [0.25, 0.3) is 17.7 Å². The molecule has 3 rings (SSSR count). The highest BCUT2D eigenvalue weighted by atomic mass is 16.5. The Hall–Kier alpha value is -4.08. The predicted octanol–water partition coefficient (Wildman–Crippen LogP) is 1.44. The molecule has 0 saturated heterocycles. The summed E-state index contributed by atoms with van der Waals surface area (Å²) >= 11 is 0. The molecule has 0 saturated carbocycles. The lowest BCUT2D eigenvalue weighted by Gasteiger charge is -2.28. The van der Waals surface area contributed by atoms with Gasteiger partial charge in [0.1, 0.15) is 12.3 Å². The molecule has 0 atom stereocenters. The van der Waals surface area contributed by atoms with Crippen LogP contribution in [0, 0.1) is 0 Å². The van der Waals surface area contributed by atoms with Crippen molar-refractivity contribution < 1.29 is 28.7 Å². The van der Waals surface area contributed by atoms with Gasteiger partial charge in [-0.1, -0.05) is 18.2 Å². The van der Waals surface area contributed by atoms with Gasteiger partial charge in [0.05, 0.1) is 12.3 Å². The Morgan fingerprint density at radius 3 is 2.70 bits per heavy atom. The molecular formula is C20H20N4O6. The fraction of sp³-hybridized carbons (Fsp3) is 0.200. The molecule has 0 aliphatic carbocycles. The number of hydrogen-bond donors (Lipinski definition) is 3. The zero-order chi connectivity index (χ0) is 21.5. The predicted molar refractivity (Wildman–Crippen MR) is 107 cm³/mol. The highest BCUT2D eigenvalue weighted by molar-refractivity contribution is 6.03. The number of rotatable bonds is 5. The van der Waals surface area contributed by atoms with Crippen molar-refractivity contribution in [1.82, 2.24) is 10.9 Å². The summed E-state index contributed by atoms with van der Waals surface area (Å²) in [4.78, 5) is 49.4. The lowest BCUT2D eigenvalue weighted by Crippen LogP contribution is -2.49. The fourth-order valence-corrected chi connectivity index (χ4v) is 2.73. The van der Waals surface area contributed by atoms with Crippen LogP contribution in [0.25, 0.3) is 0 Å². The number of hydrazine groups is 1. The number of ether oxygens (including phenoxy) is 2. The van der Waals surface area contributed by atoms with Gasteiger partial charge in [0.15, 0.2) is 6.61 Å². The molecule has 156 valence electrons. The quantitative estimate of drug-likeness (QED) is 0.638. The van der Waals surface area contributed by atoms with Crippen molar-refractivity contribution in [2.45, 2.75) is 6.92 Å². The van der Waals surface area contributed by atoms with Crippen molar-refractivity contribution in [2.24, 2.45) is 0 Å². The molecule has 1 heterocycles. The van der Waals surface area contributed by atoms with E-state index in [2.05, 4.69) is 16.2 Å². The fourth-order valence-electron chi connectivity index (χ4n) is 2.73. The maximum absolute atomic E-state index is 12.3. The first-order valence-corrected chi connectivity index (χ1v) is 9.13. The van der Waals surface area contributed by atoms with Crippen LogP contribution < -0.4 is 25.8 Å². The SMILES string of the molecule is CCOC(=O)Nc1cccc(C(=O)NNC(=O)CN2C(=O)COc3ccccc32)c1. The Morgan fingerprint density at radius 1 is 1.10 bits per heavy atom. The van der Waals surface area contributed by atoms with E-state index < -0.39 is 17.9 Å². The van der Waals surface area contributed by atoms with Crippen molar-refractivity contribution in [3.05, 3.63) is 54.1 Å². The van der Waals surface area contributed by atoms with Crippen LogP contribution in [0.4, 0.5) is 16.2 Å².